The molecule has 4 rings (SSSR count). The van der Waals surface area contributed by atoms with Crippen LogP contribution in [0.2, 0.25) is 0 Å². The Bertz CT molecular complexity index is 1030. The van der Waals surface area contributed by atoms with Crippen LogP contribution in [0.15, 0.2) is 77.0 Å². The molecule has 3 aromatic rings. The summed E-state index contributed by atoms with van der Waals surface area (Å²) in [4.78, 5) is 1.19. The van der Waals surface area contributed by atoms with Crippen molar-refractivity contribution in [2.75, 3.05) is 6.26 Å². The number of nitrogens with zero attached hydrogens (tertiary/aromatic N) is 1. The smallest absolute Gasteiger partial charge is 0.205 e. The first-order valence-corrected chi connectivity index (χ1v) is 9.18. The first-order valence-electron chi connectivity index (χ1n) is 7.96. The highest BCUT2D eigenvalue weighted by molar-refractivity contribution is 7.98. The predicted octanol–water partition coefficient (Wildman–Crippen LogP) is 4.78. The fourth-order valence-electron chi connectivity index (χ4n) is 3.33. The number of nitrogens with two attached hydrogens (primary N) is 1. The quantitative estimate of drug-likeness (QED) is 0.680. The van der Waals surface area contributed by atoms with Gasteiger partial charge in [-0.05, 0) is 29.3 Å². The maximum Gasteiger partial charge on any atom is 0.205 e. The monoisotopic (exact) mass is 344 g/mol. The highest BCUT2D eigenvalue weighted by Gasteiger charge is 2.31. The Labute approximate surface area is 150 Å². The molecule has 0 fully saturated rings. The summed E-state index contributed by atoms with van der Waals surface area (Å²) in [6.07, 6.45) is 2.05. The van der Waals surface area contributed by atoms with Crippen LogP contribution < -0.4 is 10.5 Å². The number of rotatable bonds is 2. The maximum absolute atomic E-state index is 9.66. The number of hydrogen-bond acceptors (Lipinski definition) is 4. The summed E-state index contributed by atoms with van der Waals surface area (Å²) < 4.78 is 5.88. The fourth-order valence-corrected chi connectivity index (χ4v) is 3.73. The number of ether oxygens (including phenoxy) is 1. The lowest BCUT2D eigenvalue weighted by Crippen LogP contribution is -2.21. The Hall–Kier alpha value is -2.90. The first kappa shape index (κ1) is 15.6. The molecular formula is C21H16N2OS. The lowest BCUT2D eigenvalue weighted by molar-refractivity contribution is 0.398. The zero-order valence-corrected chi connectivity index (χ0v) is 14.5. The molecule has 3 nitrogen and oxygen atoms in total. The van der Waals surface area contributed by atoms with Crippen molar-refractivity contribution in [2.24, 2.45) is 5.73 Å². The van der Waals surface area contributed by atoms with E-state index in [1.807, 2.05) is 36.6 Å². The number of hydrogen-bond donors (Lipinski definition) is 1. The second-order valence-electron chi connectivity index (χ2n) is 5.90. The molecule has 0 amide bonds. The van der Waals surface area contributed by atoms with E-state index in [2.05, 4.69) is 36.4 Å². The van der Waals surface area contributed by atoms with Gasteiger partial charge in [0.05, 0.1) is 5.92 Å². The van der Waals surface area contributed by atoms with Gasteiger partial charge in [-0.3, -0.25) is 0 Å². The molecule has 0 unspecified atom stereocenters. The summed E-state index contributed by atoms with van der Waals surface area (Å²) >= 11 is 1.69. The molecule has 25 heavy (non-hydrogen) atoms. The molecule has 0 aliphatic carbocycles. The molecule has 0 aromatic heterocycles. The SMILES string of the molecule is CSc1ccc([C@H]2C(C#N)=C(N)Oc3c2ccc2ccccc32)cc1. The van der Waals surface area contributed by atoms with Crippen molar-refractivity contribution in [3.63, 3.8) is 0 Å². The lowest BCUT2D eigenvalue weighted by Gasteiger charge is -2.27. The topological polar surface area (TPSA) is 59.0 Å². The van der Waals surface area contributed by atoms with Crippen LogP contribution in [0.25, 0.3) is 10.8 Å². The van der Waals surface area contributed by atoms with Gasteiger partial charge < -0.3 is 10.5 Å². The molecule has 4 heteroatoms. The number of allylic oxidation sites excluding steroid dienone is 1. The summed E-state index contributed by atoms with van der Waals surface area (Å²) in [5.74, 6) is 0.716. The third-order valence-electron chi connectivity index (χ3n) is 4.56. The Kier molecular flexibility index (Phi) is 3.87. The van der Waals surface area contributed by atoms with Crippen LogP contribution in [-0.2, 0) is 0 Å². The van der Waals surface area contributed by atoms with E-state index >= 15 is 0 Å². The Morgan fingerprint density at radius 1 is 1.04 bits per heavy atom. The molecule has 0 spiro atoms. The van der Waals surface area contributed by atoms with Crippen LogP contribution >= 0.6 is 11.8 Å². The fraction of sp³-hybridized carbons (Fsp3) is 0.0952. The Balaban J connectivity index is 1.96. The van der Waals surface area contributed by atoms with E-state index in [0.717, 1.165) is 27.6 Å². The van der Waals surface area contributed by atoms with Gasteiger partial charge >= 0.3 is 0 Å². The third kappa shape index (κ3) is 2.54. The van der Waals surface area contributed by atoms with Crippen molar-refractivity contribution in [1.82, 2.24) is 0 Å². The van der Waals surface area contributed by atoms with Crippen molar-refractivity contribution < 1.29 is 4.74 Å². The highest BCUT2D eigenvalue weighted by atomic mass is 32.2. The zero-order valence-electron chi connectivity index (χ0n) is 13.7. The second-order valence-corrected chi connectivity index (χ2v) is 6.78. The van der Waals surface area contributed by atoms with Gasteiger partial charge in [0.2, 0.25) is 5.88 Å². The summed E-state index contributed by atoms with van der Waals surface area (Å²) in [6.45, 7) is 0. The highest BCUT2D eigenvalue weighted by Crippen LogP contribution is 2.45. The number of nitriles is 1. The summed E-state index contributed by atoms with van der Waals surface area (Å²) in [5.41, 5.74) is 8.58. The molecular weight excluding hydrogens is 328 g/mol. The van der Waals surface area contributed by atoms with E-state index < -0.39 is 0 Å². The van der Waals surface area contributed by atoms with Gasteiger partial charge in [0.15, 0.2) is 0 Å². The van der Waals surface area contributed by atoms with E-state index in [9.17, 15) is 5.26 Å². The Morgan fingerprint density at radius 2 is 1.80 bits per heavy atom. The van der Waals surface area contributed by atoms with Gasteiger partial charge in [-0.1, -0.05) is 48.5 Å². The minimum Gasteiger partial charge on any atom is -0.440 e. The zero-order chi connectivity index (χ0) is 17.4. The second kappa shape index (κ2) is 6.19. The molecule has 122 valence electrons. The molecule has 0 radical (unpaired) electrons. The van der Waals surface area contributed by atoms with Crippen molar-refractivity contribution >= 4 is 22.5 Å². The van der Waals surface area contributed by atoms with Crippen LogP contribution in [0.3, 0.4) is 0 Å². The van der Waals surface area contributed by atoms with E-state index in [1.165, 1.54) is 4.90 Å². The molecule has 0 saturated heterocycles. The van der Waals surface area contributed by atoms with E-state index in [1.54, 1.807) is 11.8 Å². The molecule has 1 aliphatic rings. The van der Waals surface area contributed by atoms with Crippen molar-refractivity contribution in [3.8, 4) is 11.8 Å². The Morgan fingerprint density at radius 3 is 2.52 bits per heavy atom. The minimum atomic E-state index is -0.214. The van der Waals surface area contributed by atoms with Crippen LogP contribution in [0.4, 0.5) is 0 Å². The van der Waals surface area contributed by atoms with Crippen LogP contribution in [0.1, 0.15) is 17.0 Å². The van der Waals surface area contributed by atoms with Crippen molar-refractivity contribution in [1.29, 1.82) is 5.26 Å². The van der Waals surface area contributed by atoms with Crippen LogP contribution in [0.5, 0.6) is 5.75 Å². The number of benzene rings is 3. The summed E-state index contributed by atoms with van der Waals surface area (Å²) in [7, 11) is 0. The van der Waals surface area contributed by atoms with Gasteiger partial charge in [0.1, 0.15) is 17.4 Å². The molecule has 3 aromatic carbocycles. The molecule has 1 heterocycles. The molecule has 0 bridgehead atoms. The standard InChI is InChI=1S/C21H16N2OS/c1-25-15-9-6-14(7-10-15)19-17-11-8-13-4-2-3-5-16(13)20(17)24-21(23)18(19)12-22/h2-11,19H,23H2,1H3/t19-/m1/s1. The average Bonchev–Trinajstić information content (AvgIpc) is 2.67. The molecule has 1 atom stereocenters. The molecule has 1 aliphatic heterocycles. The average molecular weight is 344 g/mol. The number of thioether (sulfide) groups is 1. The maximum atomic E-state index is 9.66. The van der Waals surface area contributed by atoms with Gasteiger partial charge in [-0.25, -0.2) is 0 Å². The molecule has 2 N–H and O–H groups in total. The summed E-state index contributed by atoms with van der Waals surface area (Å²) in [6, 6.07) is 22.7. The first-order chi connectivity index (χ1) is 12.2. The van der Waals surface area contributed by atoms with Gasteiger partial charge in [0, 0.05) is 15.8 Å². The van der Waals surface area contributed by atoms with Crippen molar-refractivity contribution in [2.45, 2.75) is 10.8 Å². The van der Waals surface area contributed by atoms with Crippen LogP contribution in [0, 0.1) is 11.3 Å². The van der Waals surface area contributed by atoms with Gasteiger partial charge in [-0.15, -0.1) is 11.8 Å². The predicted molar refractivity (Wildman–Crippen MR) is 101 cm³/mol. The summed E-state index contributed by atoms with van der Waals surface area (Å²) in [5, 5.41) is 11.8. The van der Waals surface area contributed by atoms with Crippen molar-refractivity contribution in [3.05, 3.63) is 83.2 Å². The van der Waals surface area contributed by atoms with Crippen LogP contribution in [-0.4, -0.2) is 6.26 Å². The minimum absolute atomic E-state index is 0.185. The number of fused-ring (bicyclic) bond motifs is 3. The van der Waals surface area contributed by atoms with E-state index in [4.69, 9.17) is 10.5 Å². The van der Waals surface area contributed by atoms with Gasteiger partial charge in [-0.2, -0.15) is 5.26 Å². The van der Waals surface area contributed by atoms with E-state index in [0.29, 0.717) is 5.57 Å². The lowest BCUT2D eigenvalue weighted by atomic mass is 9.82. The normalized spacial score (nSPS) is 16.2. The molecule has 0 saturated carbocycles. The largest absolute Gasteiger partial charge is 0.440 e. The van der Waals surface area contributed by atoms with Gasteiger partial charge in [0.25, 0.3) is 0 Å². The van der Waals surface area contributed by atoms with E-state index in [-0.39, 0.29) is 11.8 Å². The third-order valence-corrected chi connectivity index (χ3v) is 5.30.